The van der Waals surface area contributed by atoms with Gasteiger partial charge in [0.15, 0.2) is 11.6 Å². The Morgan fingerprint density at radius 1 is 0.388 bits per heavy atom. The highest BCUT2D eigenvalue weighted by atomic mass is 16.3. The lowest BCUT2D eigenvalue weighted by Gasteiger charge is -2.24. The molecule has 314 valence electrons. The quantitative estimate of drug-likeness (QED) is 0.163. The lowest BCUT2D eigenvalue weighted by Crippen LogP contribution is -2.36. The minimum atomic E-state index is 0.299. The topological polar surface area (TPSA) is 68.8 Å². The molecule has 3 aromatic heterocycles. The van der Waals surface area contributed by atoms with Gasteiger partial charge in [0.1, 0.15) is 29.3 Å². The van der Waals surface area contributed by atoms with E-state index in [0.29, 0.717) is 23.3 Å². The first-order valence-electron chi connectivity index (χ1n) is 22.8. The largest absolute Gasteiger partial charge is 0.508 e. The van der Waals surface area contributed by atoms with Gasteiger partial charge in [-0.05, 0) is 52.8 Å². The Bertz CT molecular complexity index is 3880. The van der Waals surface area contributed by atoms with Crippen LogP contribution in [0.25, 0.3) is 111 Å². The second-order valence-electron chi connectivity index (χ2n) is 17.4. The highest BCUT2D eigenvalue weighted by Crippen LogP contribution is 2.46. The van der Waals surface area contributed by atoms with Gasteiger partial charge in [-0.1, -0.05) is 192 Å². The number of hydrogen-bond donors (Lipinski definition) is 1. The fraction of sp³-hybridized carbons (Fsp3) is 0.0172. The van der Waals surface area contributed by atoms with Gasteiger partial charge in [-0.15, -0.1) is 0 Å². The molecule has 9 aromatic carbocycles. The summed E-state index contributed by atoms with van der Waals surface area (Å²) in [6.45, 7) is 2.10. The zero-order valence-electron chi connectivity index (χ0n) is 37.7. The van der Waals surface area contributed by atoms with Gasteiger partial charge in [0.05, 0.1) is 27.8 Å². The molecule has 0 aliphatic rings. The minimum Gasteiger partial charge on any atom is -0.508 e. The van der Waals surface area contributed by atoms with Crippen molar-refractivity contribution in [2.75, 3.05) is 0 Å². The van der Waals surface area contributed by atoms with Crippen molar-refractivity contribution >= 4 is 83.5 Å². The van der Waals surface area contributed by atoms with Crippen LogP contribution in [0.1, 0.15) is 5.56 Å². The molecule has 9 heteroatoms. The van der Waals surface area contributed by atoms with E-state index in [1.54, 1.807) is 0 Å². The van der Waals surface area contributed by atoms with E-state index >= 15 is 0 Å². The molecule has 0 spiro atoms. The van der Waals surface area contributed by atoms with Crippen molar-refractivity contribution in [1.82, 2.24) is 24.1 Å². The predicted molar refractivity (Wildman–Crippen MR) is 287 cm³/mol. The zero-order valence-corrected chi connectivity index (χ0v) is 37.7. The van der Waals surface area contributed by atoms with E-state index in [0.717, 1.165) is 110 Å². The molecule has 0 radical (unpaired) electrons. The van der Waals surface area contributed by atoms with Crippen molar-refractivity contribution in [2.45, 2.75) is 6.92 Å². The Hall–Kier alpha value is -8.42. The maximum Gasteiger partial charge on any atom is 0.238 e. The first kappa shape index (κ1) is 40.1. The first-order chi connectivity index (χ1) is 32.9. The lowest BCUT2D eigenvalue weighted by atomic mass is 9.68. The number of nitrogens with zero attached hydrogens (tertiary/aromatic N) is 5. The minimum absolute atomic E-state index is 0.299. The molecular formula is C58H42B3N5O. The van der Waals surface area contributed by atoms with Gasteiger partial charge in [-0.3, -0.25) is 4.57 Å². The monoisotopic (exact) mass is 857 g/mol. The number of hydrogen-bond acceptors (Lipinski definition) is 4. The van der Waals surface area contributed by atoms with Crippen LogP contribution in [0.2, 0.25) is 0 Å². The second kappa shape index (κ2) is 15.9. The van der Waals surface area contributed by atoms with Crippen LogP contribution in [0.3, 0.4) is 0 Å². The summed E-state index contributed by atoms with van der Waals surface area (Å²) in [5.74, 6) is 1.98. The molecule has 0 fully saturated rings. The molecule has 12 aromatic rings. The summed E-state index contributed by atoms with van der Waals surface area (Å²) in [5.41, 5.74) is 17.1. The Labute approximate surface area is 391 Å². The lowest BCUT2D eigenvalue weighted by molar-refractivity contribution is 0.482. The summed E-state index contributed by atoms with van der Waals surface area (Å²) in [6, 6.07) is 67.8. The second-order valence-corrected chi connectivity index (χ2v) is 17.4. The molecule has 12 rings (SSSR count). The fourth-order valence-electron chi connectivity index (χ4n) is 10.2. The van der Waals surface area contributed by atoms with E-state index < -0.39 is 0 Å². The number of fused-ring (bicyclic) bond motifs is 7. The predicted octanol–water partition coefficient (Wildman–Crippen LogP) is 9.19. The molecular weight excluding hydrogens is 815 g/mol. The summed E-state index contributed by atoms with van der Waals surface area (Å²) in [5, 5.41) is 16.8. The van der Waals surface area contributed by atoms with Gasteiger partial charge in [0.2, 0.25) is 5.95 Å². The summed E-state index contributed by atoms with van der Waals surface area (Å²) in [7, 11) is 6.33. The van der Waals surface area contributed by atoms with Crippen LogP contribution in [-0.4, -0.2) is 52.7 Å². The molecule has 0 saturated heterocycles. The summed E-state index contributed by atoms with van der Waals surface area (Å²) in [4.78, 5) is 15.9. The van der Waals surface area contributed by atoms with Crippen LogP contribution in [0.4, 0.5) is 0 Å². The third-order valence-corrected chi connectivity index (χ3v) is 13.8. The Balaban J connectivity index is 1.22. The molecule has 0 aliphatic heterocycles. The van der Waals surface area contributed by atoms with Gasteiger partial charge < -0.3 is 9.67 Å². The molecule has 0 aliphatic carbocycles. The van der Waals surface area contributed by atoms with Crippen LogP contribution in [0, 0.1) is 6.92 Å². The van der Waals surface area contributed by atoms with Crippen molar-refractivity contribution in [2.24, 2.45) is 0 Å². The van der Waals surface area contributed by atoms with Crippen LogP contribution < -0.4 is 16.4 Å². The van der Waals surface area contributed by atoms with E-state index in [9.17, 15) is 5.11 Å². The van der Waals surface area contributed by atoms with Crippen molar-refractivity contribution in [1.29, 1.82) is 0 Å². The smallest absolute Gasteiger partial charge is 0.238 e. The molecule has 0 amide bonds. The van der Waals surface area contributed by atoms with Gasteiger partial charge in [0.25, 0.3) is 0 Å². The molecule has 67 heavy (non-hydrogen) atoms. The highest BCUT2D eigenvalue weighted by Gasteiger charge is 2.27. The van der Waals surface area contributed by atoms with Crippen LogP contribution in [0.5, 0.6) is 5.75 Å². The third kappa shape index (κ3) is 6.41. The van der Waals surface area contributed by atoms with Crippen molar-refractivity contribution in [3.8, 4) is 73.5 Å². The van der Waals surface area contributed by atoms with E-state index in [1.165, 1.54) is 5.46 Å². The average Bonchev–Trinajstić information content (AvgIpc) is 3.91. The Morgan fingerprint density at radius 3 is 1.48 bits per heavy atom. The first-order valence-corrected chi connectivity index (χ1v) is 22.8. The van der Waals surface area contributed by atoms with E-state index in [1.807, 2.05) is 38.2 Å². The number of para-hydroxylation sites is 2. The molecule has 6 nitrogen and oxygen atoms in total. The van der Waals surface area contributed by atoms with Crippen LogP contribution in [0.15, 0.2) is 194 Å². The Morgan fingerprint density at radius 2 is 0.866 bits per heavy atom. The standard InChI is InChI=1S/C58H42B3N5O/c1-34-50(59)52(61)49(55(67)51(34)60)48-40(37-18-7-3-8-19-37)24-15-27-47(48)65-45-25-13-11-22-41(45)43-32-33-44-42-23-12-14-26-46(42)66(54(44)53(43)65)58-63-56(38-20-9-4-10-21-38)62-57(64-58)39-30-28-36(29-31-39)35-16-5-2-6-17-35/h2-33,67H,59-61H2,1H3. The van der Waals surface area contributed by atoms with Crippen LogP contribution >= 0.6 is 0 Å². The highest BCUT2D eigenvalue weighted by molar-refractivity contribution is 6.54. The third-order valence-electron chi connectivity index (χ3n) is 13.8. The SMILES string of the molecule is Bc1c(B)c(-c2c(-c3ccccc3)cccc2-n2c3ccccc3c3ccc4c5ccccc5n(-c5nc(-c6ccccc6)nc(-c6ccc(-c7ccccc7)cc6)n5)c4c32)c(O)c(B)c1C. The molecule has 0 bridgehead atoms. The van der Waals surface area contributed by atoms with E-state index in [-0.39, 0.29) is 0 Å². The normalized spacial score (nSPS) is 11.6. The number of benzene rings is 9. The summed E-state index contributed by atoms with van der Waals surface area (Å²) >= 11 is 0. The van der Waals surface area contributed by atoms with Crippen molar-refractivity contribution < 1.29 is 5.11 Å². The van der Waals surface area contributed by atoms with E-state index in [2.05, 4.69) is 196 Å². The number of aromatic nitrogens is 5. The van der Waals surface area contributed by atoms with Gasteiger partial charge in [0, 0.05) is 43.8 Å². The molecule has 0 atom stereocenters. The van der Waals surface area contributed by atoms with Gasteiger partial charge >= 0.3 is 0 Å². The summed E-state index contributed by atoms with van der Waals surface area (Å²) in [6.07, 6.45) is 0. The maximum absolute atomic E-state index is 12.4. The van der Waals surface area contributed by atoms with Crippen molar-refractivity contribution in [3.05, 3.63) is 200 Å². The number of phenols is 1. The zero-order chi connectivity index (χ0) is 45.3. The maximum atomic E-state index is 12.4. The molecule has 1 N–H and O–H groups in total. The fourth-order valence-corrected chi connectivity index (χ4v) is 10.2. The molecule has 0 unspecified atom stereocenters. The van der Waals surface area contributed by atoms with Crippen molar-refractivity contribution in [3.63, 3.8) is 0 Å². The molecule has 0 saturated carbocycles. The number of aromatic hydroxyl groups is 1. The van der Waals surface area contributed by atoms with Crippen LogP contribution in [-0.2, 0) is 0 Å². The van der Waals surface area contributed by atoms with E-state index in [4.69, 9.17) is 15.0 Å². The van der Waals surface area contributed by atoms with Gasteiger partial charge in [-0.25, -0.2) is 4.98 Å². The number of rotatable bonds is 7. The van der Waals surface area contributed by atoms with Gasteiger partial charge in [-0.2, -0.15) is 9.97 Å². The summed E-state index contributed by atoms with van der Waals surface area (Å²) < 4.78 is 4.65. The number of phenolic OH excluding ortho intramolecular Hbond substituents is 1. The average molecular weight is 857 g/mol. The molecule has 3 heterocycles. The Kier molecular flexibility index (Phi) is 9.54.